The lowest BCUT2D eigenvalue weighted by molar-refractivity contribution is -0.0276. The highest BCUT2D eigenvalue weighted by atomic mass is 19.1. The van der Waals surface area contributed by atoms with Crippen molar-refractivity contribution in [2.75, 3.05) is 44.9 Å². The standard InChI is InChI=1S/C48H50FN11O6/c1-28-19-35(20-29(2)41(28)49)60-42(57-14-13-56(46(57)63)34-8-9-38-32(22-34)25-50-58(38)16-17-64-6)36-26-54(12-11-37(36)52-60)43(61)40-23-31-21-33(55-15-18-65-47(4,5)27-55)7-10-39(31)59(40)48(24-30(48)3)44-51-45(62)66-53-44/h7-10,13-14,19-23,25,30H,11-12,15-18,24,26-27H2,1-6H3,(H,51,53,62)/t30-,48-/m0/s1. The summed E-state index contributed by atoms with van der Waals surface area (Å²) in [4.78, 5) is 49.4. The number of anilines is 1. The summed E-state index contributed by atoms with van der Waals surface area (Å²) in [5.41, 5.74) is 5.22. The van der Waals surface area contributed by atoms with Crippen LogP contribution in [0.5, 0.6) is 0 Å². The first-order valence-electron chi connectivity index (χ1n) is 22.3. The van der Waals surface area contributed by atoms with E-state index in [1.165, 1.54) is 0 Å². The predicted molar refractivity (Wildman–Crippen MR) is 244 cm³/mol. The van der Waals surface area contributed by atoms with Crippen LogP contribution in [0.15, 0.2) is 87.3 Å². The van der Waals surface area contributed by atoms with Crippen LogP contribution in [0, 0.1) is 25.6 Å². The molecule has 0 spiro atoms. The Hall–Kier alpha value is -7.05. The molecule has 11 rings (SSSR count). The number of hydrogen-bond acceptors (Lipinski definition) is 10. The van der Waals surface area contributed by atoms with E-state index < -0.39 is 11.3 Å². The van der Waals surface area contributed by atoms with Gasteiger partial charge in [-0.2, -0.15) is 10.2 Å². The fourth-order valence-electron chi connectivity index (χ4n) is 10.3. The maximum atomic E-state index is 15.4. The van der Waals surface area contributed by atoms with Crippen LogP contribution < -0.4 is 16.3 Å². The van der Waals surface area contributed by atoms with E-state index in [2.05, 4.69) is 53.0 Å². The van der Waals surface area contributed by atoms with Crippen molar-refractivity contribution in [3.8, 4) is 17.2 Å². The number of aromatic nitrogens is 9. The molecule has 66 heavy (non-hydrogen) atoms. The van der Waals surface area contributed by atoms with Crippen molar-refractivity contribution >= 4 is 33.4 Å². The van der Waals surface area contributed by atoms with Gasteiger partial charge in [-0.3, -0.25) is 28.1 Å². The zero-order valence-corrected chi connectivity index (χ0v) is 37.7. The number of amides is 1. The van der Waals surface area contributed by atoms with Crippen LogP contribution >= 0.6 is 0 Å². The average molecular weight is 896 g/mol. The SMILES string of the molecule is COCCn1ncc2cc(-n3ccn(-c4c5c(nn4-c4cc(C)c(F)c(C)c4)CCN(C(=O)c4cc6cc(N7CCOC(C)(C)C7)ccc6n4[C@@]4(c6noc(=O)[nH]6)C[C@@H]4C)C5)c3=O)ccc21. The molecule has 1 N–H and O–H groups in total. The monoisotopic (exact) mass is 895 g/mol. The molecule has 0 unspecified atom stereocenters. The molecule has 7 heterocycles. The maximum Gasteiger partial charge on any atom is 0.438 e. The van der Waals surface area contributed by atoms with Gasteiger partial charge in [0.1, 0.15) is 22.9 Å². The third kappa shape index (κ3) is 6.63. The minimum absolute atomic E-state index is 0.0176. The molecule has 3 aromatic carbocycles. The number of fused-ring (bicyclic) bond motifs is 3. The van der Waals surface area contributed by atoms with Crippen molar-refractivity contribution < 1.29 is 23.2 Å². The lowest BCUT2D eigenvalue weighted by Crippen LogP contribution is -2.48. The summed E-state index contributed by atoms with van der Waals surface area (Å²) in [6, 6.07) is 17.3. The van der Waals surface area contributed by atoms with Crippen LogP contribution in [0.4, 0.5) is 10.1 Å². The van der Waals surface area contributed by atoms with E-state index in [1.807, 2.05) is 39.6 Å². The first-order chi connectivity index (χ1) is 31.7. The molecule has 1 saturated heterocycles. The Morgan fingerprint density at radius 2 is 1.70 bits per heavy atom. The highest BCUT2D eigenvalue weighted by Gasteiger charge is 2.59. The van der Waals surface area contributed by atoms with Gasteiger partial charge in [-0.25, -0.2) is 18.7 Å². The van der Waals surface area contributed by atoms with Gasteiger partial charge in [0.15, 0.2) is 5.82 Å². The molecule has 340 valence electrons. The fraction of sp³-hybridized carbons (Fsp3) is 0.375. The average Bonchev–Trinajstić information content (AvgIpc) is 3.94. The smallest absolute Gasteiger partial charge is 0.383 e. The summed E-state index contributed by atoms with van der Waals surface area (Å²) in [5.74, 6) is -0.370. The molecule has 1 aliphatic carbocycles. The molecule has 0 radical (unpaired) electrons. The molecule has 8 aromatic rings. The summed E-state index contributed by atoms with van der Waals surface area (Å²) >= 11 is 0. The number of carbonyl (C=O) groups excluding carboxylic acids is 1. The molecule has 17 nitrogen and oxygen atoms in total. The quantitative estimate of drug-likeness (QED) is 0.177. The van der Waals surface area contributed by atoms with Crippen molar-refractivity contribution in [2.45, 2.75) is 71.7 Å². The second-order valence-corrected chi connectivity index (χ2v) is 18.6. The summed E-state index contributed by atoms with van der Waals surface area (Å²) < 4.78 is 40.1. The minimum atomic E-state index is -0.835. The zero-order chi connectivity index (χ0) is 45.8. The normalized spacial score (nSPS) is 19.3. The van der Waals surface area contributed by atoms with Crippen molar-refractivity contribution in [1.82, 2.24) is 48.3 Å². The van der Waals surface area contributed by atoms with E-state index in [0.717, 1.165) is 39.7 Å². The molecule has 2 aliphatic heterocycles. The number of imidazole rings is 1. The summed E-state index contributed by atoms with van der Waals surface area (Å²) in [6.45, 7) is 13.3. The Morgan fingerprint density at radius 1 is 0.955 bits per heavy atom. The lowest BCUT2D eigenvalue weighted by atomic mass is 10.1. The predicted octanol–water partition coefficient (Wildman–Crippen LogP) is 5.79. The van der Waals surface area contributed by atoms with Crippen molar-refractivity contribution in [3.05, 3.63) is 134 Å². The summed E-state index contributed by atoms with van der Waals surface area (Å²) in [6.07, 6.45) is 6.21. The van der Waals surface area contributed by atoms with Crippen LogP contribution in [-0.2, 0) is 34.5 Å². The van der Waals surface area contributed by atoms with Gasteiger partial charge in [-0.05, 0) is 106 Å². The first-order valence-corrected chi connectivity index (χ1v) is 22.3. The van der Waals surface area contributed by atoms with Gasteiger partial charge in [0.05, 0.1) is 60.7 Å². The number of nitrogens with zero attached hydrogens (tertiary/aromatic N) is 10. The number of carbonyl (C=O) groups is 1. The number of hydrogen-bond donors (Lipinski definition) is 1. The molecule has 2 atom stereocenters. The Labute approximate surface area is 377 Å². The fourth-order valence-corrected chi connectivity index (χ4v) is 10.3. The van der Waals surface area contributed by atoms with Gasteiger partial charge >= 0.3 is 11.4 Å². The van der Waals surface area contributed by atoms with Crippen LogP contribution in [0.1, 0.15) is 65.9 Å². The number of methoxy groups -OCH3 is 1. The zero-order valence-electron chi connectivity index (χ0n) is 37.7. The molecule has 0 bridgehead atoms. The van der Waals surface area contributed by atoms with E-state index >= 15 is 9.18 Å². The molecule has 1 saturated carbocycles. The first kappa shape index (κ1) is 41.6. The number of nitrogens with one attached hydrogen (secondary N) is 1. The van der Waals surface area contributed by atoms with E-state index in [-0.39, 0.29) is 35.5 Å². The Bertz CT molecular complexity index is 3340. The van der Waals surface area contributed by atoms with Crippen molar-refractivity contribution in [3.63, 3.8) is 0 Å². The van der Waals surface area contributed by atoms with Gasteiger partial charge in [0, 0.05) is 73.1 Å². The highest BCUT2D eigenvalue weighted by molar-refractivity contribution is 6.00. The Morgan fingerprint density at radius 3 is 2.42 bits per heavy atom. The maximum absolute atomic E-state index is 15.4. The van der Waals surface area contributed by atoms with E-state index in [0.29, 0.717) is 91.1 Å². The number of H-pyrrole nitrogens is 1. The molecule has 5 aromatic heterocycles. The summed E-state index contributed by atoms with van der Waals surface area (Å²) in [7, 11) is 1.65. The summed E-state index contributed by atoms with van der Waals surface area (Å²) in [5, 5.41) is 15.5. The van der Waals surface area contributed by atoms with Crippen molar-refractivity contribution in [2.24, 2.45) is 5.92 Å². The number of benzene rings is 3. The van der Waals surface area contributed by atoms with Gasteiger partial charge in [0.2, 0.25) is 0 Å². The van der Waals surface area contributed by atoms with Crippen LogP contribution in [0.25, 0.3) is 39.0 Å². The van der Waals surface area contributed by atoms with Crippen molar-refractivity contribution in [1.29, 1.82) is 0 Å². The number of ether oxygens (including phenoxy) is 2. The largest absolute Gasteiger partial charge is 0.438 e. The Balaban J connectivity index is 1.02. The molecule has 1 amide bonds. The van der Waals surface area contributed by atoms with E-state index in [4.69, 9.17) is 19.1 Å². The van der Waals surface area contributed by atoms with Gasteiger partial charge < -0.3 is 23.8 Å². The topological polar surface area (TPSA) is 168 Å². The molecule has 3 aliphatic rings. The molecule has 18 heteroatoms. The molecular weight excluding hydrogens is 846 g/mol. The second-order valence-electron chi connectivity index (χ2n) is 18.6. The van der Waals surface area contributed by atoms with Crippen LogP contribution in [0.2, 0.25) is 0 Å². The number of halogens is 1. The second kappa shape index (κ2) is 15.3. The van der Waals surface area contributed by atoms with E-state index in [1.54, 1.807) is 70.4 Å². The van der Waals surface area contributed by atoms with Crippen LogP contribution in [-0.4, -0.2) is 99.8 Å². The Kier molecular flexibility index (Phi) is 9.63. The van der Waals surface area contributed by atoms with Gasteiger partial charge in [-0.1, -0.05) is 12.1 Å². The number of aryl methyl sites for hydroxylation is 2. The van der Waals surface area contributed by atoms with Crippen LogP contribution in [0.3, 0.4) is 0 Å². The van der Waals surface area contributed by atoms with Gasteiger partial charge in [0.25, 0.3) is 5.91 Å². The third-order valence-electron chi connectivity index (χ3n) is 13.7. The number of morpholine rings is 1. The molecular formula is C48H50FN11O6. The third-order valence-corrected chi connectivity index (χ3v) is 13.7. The van der Waals surface area contributed by atoms with Gasteiger partial charge in [-0.15, -0.1) is 0 Å². The van der Waals surface area contributed by atoms with E-state index in [9.17, 15) is 9.59 Å². The number of aromatic amines is 1. The number of rotatable bonds is 10. The molecule has 2 fully saturated rings. The highest BCUT2D eigenvalue weighted by Crippen LogP contribution is 2.56. The lowest BCUT2D eigenvalue weighted by Gasteiger charge is -2.39. The minimum Gasteiger partial charge on any atom is -0.383 e.